The van der Waals surface area contributed by atoms with Crippen molar-refractivity contribution in [1.82, 2.24) is 15.0 Å². The minimum absolute atomic E-state index is 0.234. The summed E-state index contributed by atoms with van der Waals surface area (Å²) in [4.78, 5) is 15.9. The highest BCUT2D eigenvalue weighted by Gasteiger charge is 2.11. The van der Waals surface area contributed by atoms with Crippen LogP contribution in [-0.4, -0.2) is 35.2 Å². The Kier molecular flexibility index (Phi) is 5.21. The van der Waals surface area contributed by atoms with Crippen LogP contribution in [-0.2, 0) is 0 Å². The van der Waals surface area contributed by atoms with E-state index in [1.165, 1.54) is 11.8 Å². The molecule has 0 amide bonds. The quantitative estimate of drug-likeness (QED) is 0.878. The van der Waals surface area contributed by atoms with Gasteiger partial charge >= 0.3 is 0 Å². The van der Waals surface area contributed by atoms with Crippen molar-refractivity contribution in [3.05, 3.63) is 24.3 Å². The molecule has 0 radical (unpaired) electrons. The molecule has 0 atom stereocenters. The van der Waals surface area contributed by atoms with Crippen molar-refractivity contribution >= 4 is 23.7 Å². The molecule has 1 heterocycles. The van der Waals surface area contributed by atoms with Crippen molar-refractivity contribution in [2.75, 3.05) is 30.8 Å². The van der Waals surface area contributed by atoms with Crippen LogP contribution in [0.25, 0.3) is 0 Å². The van der Waals surface area contributed by atoms with E-state index >= 15 is 0 Å². The number of hydrogen-bond donors (Lipinski definition) is 1. The van der Waals surface area contributed by atoms with E-state index in [1.807, 2.05) is 29.2 Å². The number of hydrogen-bond acceptors (Lipinski definition) is 7. The van der Waals surface area contributed by atoms with Crippen LogP contribution in [0.2, 0.25) is 0 Å². The zero-order valence-electron chi connectivity index (χ0n) is 12.4. The van der Waals surface area contributed by atoms with Crippen LogP contribution in [0, 0.1) is 0 Å². The van der Waals surface area contributed by atoms with Crippen LogP contribution in [0.15, 0.2) is 34.3 Å². The predicted molar refractivity (Wildman–Crippen MR) is 84.9 cm³/mol. The lowest BCUT2D eigenvalue weighted by molar-refractivity contribution is 0.413. The monoisotopic (exact) mass is 305 g/mol. The highest BCUT2D eigenvalue weighted by molar-refractivity contribution is 7.99. The van der Waals surface area contributed by atoms with Crippen LogP contribution in [0.1, 0.15) is 13.8 Å². The van der Waals surface area contributed by atoms with E-state index in [0.717, 1.165) is 23.7 Å². The van der Waals surface area contributed by atoms with Crippen molar-refractivity contribution in [3.8, 4) is 5.75 Å². The molecule has 1 aromatic carbocycles. The Labute approximate surface area is 128 Å². The summed E-state index contributed by atoms with van der Waals surface area (Å²) >= 11 is 1.43. The minimum Gasteiger partial charge on any atom is -0.497 e. The first-order valence-corrected chi connectivity index (χ1v) is 7.56. The Morgan fingerprint density at radius 2 is 1.95 bits per heavy atom. The fourth-order valence-corrected chi connectivity index (χ4v) is 2.62. The van der Waals surface area contributed by atoms with Gasteiger partial charge in [0.1, 0.15) is 5.75 Å². The summed E-state index contributed by atoms with van der Waals surface area (Å²) in [7, 11) is 1.64. The molecule has 6 nitrogen and oxygen atoms in total. The number of benzene rings is 1. The van der Waals surface area contributed by atoms with E-state index in [2.05, 4.69) is 28.8 Å². The Morgan fingerprint density at radius 1 is 1.19 bits per heavy atom. The van der Waals surface area contributed by atoms with Gasteiger partial charge in [-0.15, -0.1) is 0 Å². The molecule has 0 saturated heterocycles. The van der Waals surface area contributed by atoms with Crippen LogP contribution >= 0.6 is 11.8 Å². The summed E-state index contributed by atoms with van der Waals surface area (Å²) in [5.41, 5.74) is 5.79. The normalized spacial score (nSPS) is 10.4. The minimum atomic E-state index is 0.234. The van der Waals surface area contributed by atoms with Gasteiger partial charge in [0.25, 0.3) is 0 Å². The Balaban J connectivity index is 2.27. The summed E-state index contributed by atoms with van der Waals surface area (Å²) in [6.45, 7) is 5.75. The lowest BCUT2D eigenvalue weighted by Crippen LogP contribution is -2.25. The average molecular weight is 305 g/mol. The molecule has 0 unspecified atom stereocenters. The molecular formula is C14H19N5OS. The van der Waals surface area contributed by atoms with Gasteiger partial charge in [0, 0.05) is 18.0 Å². The van der Waals surface area contributed by atoms with Gasteiger partial charge < -0.3 is 15.4 Å². The van der Waals surface area contributed by atoms with Gasteiger partial charge in [0.05, 0.1) is 7.11 Å². The molecule has 0 saturated carbocycles. The Morgan fingerprint density at radius 3 is 2.62 bits per heavy atom. The van der Waals surface area contributed by atoms with Gasteiger partial charge in [-0.25, -0.2) is 0 Å². The molecule has 0 bridgehead atoms. The SMILES string of the molecule is CCN(CC)c1nc(N)nc(Sc2cccc(OC)c2)n1. The third kappa shape index (κ3) is 3.98. The second-order valence-electron chi connectivity index (χ2n) is 4.23. The molecule has 0 aliphatic heterocycles. The maximum atomic E-state index is 5.79. The summed E-state index contributed by atoms with van der Waals surface area (Å²) in [6.07, 6.45) is 0. The fourth-order valence-electron chi connectivity index (χ4n) is 1.82. The molecule has 2 rings (SSSR count). The first-order chi connectivity index (χ1) is 10.2. The number of aromatic nitrogens is 3. The molecule has 2 N–H and O–H groups in total. The average Bonchev–Trinajstić information content (AvgIpc) is 2.48. The van der Waals surface area contributed by atoms with Crippen molar-refractivity contribution in [2.24, 2.45) is 0 Å². The van der Waals surface area contributed by atoms with E-state index in [-0.39, 0.29) is 5.95 Å². The van der Waals surface area contributed by atoms with Crippen LogP contribution in [0.4, 0.5) is 11.9 Å². The Bertz CT molecular complexity index is 604. The van der Waals surface area contributed by atoms with E-state index in [1.54, 1.807) is 7.11 Å². The Hall–Kier alpha value is -2.02. The first-order valence-electron chi connectivity index (χ1n) is 6.74. The second kappa shape index (κ2) is 7.12. The topological polar surface area (TPSA) is 77.2 Å². The number of rotatable bonds is 6. The predicted octanol–water partition coefficient (Wildman–Crippen LogP) is 2.46. The summed E-state index contributed by atoms with van der Waals surface area (Å²) < 4.78 is 5.21. The van der Waals surface area contributed by atoms with E-state index in [9.17, 15) is 0 Å². The van der Waals surface area contributed by atoms with Crippen LogP contribution < -0.4 is 15.4 Å². The lowest BCUT2D eigenvalue weighted by atomic mass is 10.3. The summed E-state index contributed by atoms with van der Waals surface area (Å²) in [5.74, 6) is 1.64. The largest absolute Gasteiger partial charge is 0.497 e. The third-order valence-corrected chi connectivity index (χ3v) is 3.77. The van der Waals surface area contributed by atoms with Crippen molar-refractivity contribution in [3.63, 3.8) is 0 Å². The van der Waals surface area contributed by atoms with E-state index < -0.39 is 0 Å². The van der Waals surface area contributed by atoms with Crippen LogP contribution in [0.5, 0.6) is 5.75 Å². The van der Waals surface area contributed by atoms with Gasteiger partial charge in [-0.2, -0.15) is 15.0 Å². The standard InChI is InChI=1S/C14H19N5OS/c1-4-19(5-2)13-16-12(15)17-14(18-13)21-11-8-6-7-10(9-11)20-3/h6-9H,4-5H2,1-3H3,(H2,15,16,17,18). The maximum Gasteiger partial charge on any atom is 0.231 e. The number of nitrogen functional groups attached to an aromatic ring is 1. The van der Waals surface area contributed by atoms with Gasteiger partial charge in [-0.3, -0.25) is 0 Å². The van der Waals surface area contributed by atoms with E-state index in [0.29, 0.717) is 11.1 Å². The van der Waals surface area contributed by atoms with Gasteiger partial charge in [-0.1, -0.05) is 6.07 Å². The fraction of sp³-hybridized carbons (Fsp3) is 0.357. The lowest BCUT2D eigenvalue weighted by Gasteiger charge is -2.18. The molecular weight excluding hydrogens is 286 g/mol. The van der Waals surface area contributed by atoms with E-state index in [4.69, 9.17) is 10.5 Å². The number of methoxy groups -OCH3 is 1. The van der Waals surface area contributed by atoms with Gasteiger partial charge in [0.2, 0.25) is 11.9 Å². The molecule has 21 heavy (non-hydrogen) atoms. The third-order valence-electron chi connectivity index (χ3n) is 2.92. The number of anilines is 2. The molecule has 112 valence electrons. The molecule has 0 aliphatic rings. The smallest absolute Gasteiger partial charge is 0.231 e. The van der Waals surface area contributed by atoms with Gasteiger partial charge in [-0.05, 0) is 43.8 Å². The van der Waals surface area contributed by atoms with Crippen molar-refractivity contribution in [1.29, 1.82) is 0 Å². The zero-order valence-corrected chi connectivity index (χ0v) is 13.2. The number of ether oxygens (including phenoxy) is 1. The molecule has 0 aliphatic carbocycles. The first kappa shape index (κ1) is 15.4. The highest BCUT2D eigenvalue weighted by atomic mass is 32.2. The zero-order chi connectivity index (χ0) is 15.2. The number of nitrogens with zero attached hydrogens (tertiary/aromatic N) is 4. The summed E-state index contributed by atoms with van der Waals surface area (Å²) in [5, 5.41) is 0.581. The number of nitrogens with two attached hydrogens (primary N) is 1. The second-order valence-corrected chi connectivity index (χ2v) is 5.27. The maximum absolute atomic E-state index is 5.79. The van der Waals surface area contributed by atoms with Crippen LogP contribution in [0.3, 0.4) is 0 Å². The molecule has 0 spiro atoms. The van der Waals surface area contributed by atoms with Crippen molar-refractivity contribution in [2.45, 2.75) is 23.9 Å². The summed E-state index contributed by atoms with van der Waals surface area (Å²) in [6, 6.07) is 7.73. The van der Waals surface area contributed by atoms with Crippen molar-refractivity contribution < 1.29 is 4.74 Å². The highest BCUT2D eigenvalue weighted by Crippen LogP contribution is 2.28. The molecule has 1 aromatic heterocycles. The molecule has 7 heteroatoms. The molecule has 0 fully saturated rings. The molecule has 2 aromatic rings. The van der Waals surface area contributed by atoms with Gasteiger partial charge in [0.15, 0.2) is 5.16 Å².